The van der Waals surface area contributed by atoms with E-state index in [2.05, 4.69) is 10.3 Å². The molecule has 0 aliphatic heterocycles. The molecular formula is C15H22N2O2S. The number of nitrogens with zero attached hydrogens (tertiary/aromatic N) is 1. The molecule has 1 saturated carbocycles. The quantitative estimate of drug-likeness (QED) is 0.842. The average Bonchev–Trinajstić information content (AvgIpc) is 2.46. The Morgan fingerprint density at radius 3 is 3.15 bits per heavy atom. The minimum Gasteiger partial charge on any atom is -0.393 e. The molecule has 2 unspecified atom stereocenters. The number of nitrogens with one attached hydrogen (secondary N) is 1. The number of carbonyl (C=O) groups excluding carboxylic acids is 1. The number of aliphatic hydroxyl groups is 1. The SMILES string of the molecule is O=C(CSCc1cccnc1)NCC1CCCC(O)C1. The van der Waals surface area contributed by atoms with Gasteiger partial charge in [0.2, 0.25) is 5.91 Å². The zero-order valence-corrected chi connectivity index (χ0v) is 12.4. The van der Waals surface area contributed by atoms with E-state index in [0.717, 1.165) is 37.0 Å². The smallest absolute Gasteiger partial charge is 0.230 e. The van der Waals surface area contributed by atoms with Gasteiger partial charge in [0, 0.05) is 24.7 Å². The maximum atomic E-state index is 11.7. The van der Waals surface area contributed by atoms with Gasteiger partial charge in [0.1, 0.15) is 0 Å². The van der Waals surface area contributed by atoms with Crippen molar-refractivity contribution in [2.24, 2.45) is 5.92 Å². The summed E-state index contributed by atoms with van der Waals surface area (Å²) in [6.07, 6.45) is 7.31. The molecular weight excluding hydrogens is 272 g/mol. The average molecular weight is 294 g/mol. The second kappa shape index (κ2) is 8.27. The van der Waals surface area contributed by atoms with E-state index in [1.807, 2.05) is 18.3 Å². The molecule has 0 spiro atoms. The van der Waals surface area contributed by atoms with Crippen LogP contribution in [0.2, 0.25) is 0 Å². The number of carbonyl (C=O) groups is 1. The number of aliphatic hydroxyl groups excluding tert-OH is 1. The highest BCUT2D eigenvalue weighted by Gasteiger charge is 2.20. The predicted octanol–water partition coefficient (Wildman–Crippen LogP) is 1.98. The molecule has 1 aliphatic rings. The molecule has 2 rings (SSSR count). The Labute approximate surface area is 124 Å². The molecule has 0 radical (unpaired) electrons. The van der Waals surface area contributed by atoms with Gasteiger partial charge >= 0.3 is 0 Å². The number of rotatable bonds is 6. The van der Waals surface area contributed by atoms with E-state index in [1.54, 1.807) is 18.0 Å². The van der Waals surface area contributed by atoms with Gasteiger partial charge in [0.25, 0.3) is 0 Å². The molecule has 4 nitrogen and oxygen atoms in total. The zero-order chi connectivity index (χ0) is 14.2. The van der Waals surface area contributed by atoms with Gasteiger partial charge in [-0.2, -0.15) is 0 Å². The predicted molar refractivity (Wildman–Crippen MR) is 81.4 cm³/mol. The fourth-order valence-electron chi connectivity index (χ4n) is 2.50. The number of pyridine rings is 1. The fourth-order valence-corrected chi connectivity index (χ4v) is 3.30. The highest BCUT2D eigenvalue weighted by Crippen LogP contribution is 2.23. The van der Waals surface area contributed by atoms with Crippen LogP contribution in [0, 0.1) is 5.92 Å². The Morgan fingerprint density at radius 2 is 2.40 bits per heavy atom. The van der Waals surface area contributed by atoms with Gasteiger partial charge < -0.3 is 10.4 Å². The summed E-state index contributed by atoms with van der Waals surface area (Å²) in [5.41, 5.74) is 1.14. The van der Waals surface area contributed by atoms with Crippen LogP contribution < -0.4 is 5.32 Å². The third-order valence-corrected chi connectivity index (χ3v) is 4.57. The molecule has 1 aromatic rings. The molecule has 0 aromatic carbocycles. The summed E-state index contributed by atoms with van der Waals surface area (Å²) in [4.78, 5) is 15.8. The molecule has 0 bridgehead atoms. The molecule has 2 atom stereocenters. The van der Waals surface area contributed by atoms with E-state index in [4.69, 9.17) is 0 Å². The highest BCUT2D eigenvalue weighted by atomic mass is 32.2. The molecule has 1 fully saturated rings. The first-order valence-electron chi connectivity index (χ1n) is 7.15. The summed E-state index contributed by atoms with van der Waals surface area (Å²) < 4.78 is 0. The summed E-state index contributed by atoms with van der Waals surface area (Å²) in [5.74, 6) is 1.80. The lowest BCUT2D eigenvalue weighted by Gasteiger charge is -2.25. The van der Waals surface area contributed by atoms with Crippen LogP contribution in [0.3, 0.4) is 0 Å². The number of hydrogen-bond donors (Lipinski definition) is 2. The summed E-state index contributed by atoms with van der Waals surface area (Å²) in [6, 6.07) is 3.92. The second-order valence-corrected chi connectivity index (χ2v) is 6.33. The number of amides is 1. The molecule has 20 heavy (non-hydrogen) atoms. The minimum absolute atomic E-state index is 0.0824. The number of aromatic nitrogens is 1. The fraction of sp³-hybridized carbons (Fsp3) is 0.600. The summed E-state index contributed by atoms with van der Waals surface area (Å²) >= 11 is 1.60. The first kappa shape index (κ1) is 15.3. The lowest BCUT2D eigenvalue weighted by atomic mass is 9.87. The maximum Gasteiger partial charge on any atom is 0.230 e. The third-order valence-electron chi connectivity index (χ3n) is 3.57. The molecule has 1 aromatic heterocycles. The van der Waals surface area contributed by atoms with Crippen molar-refractivity contribution in [2.45, 2.75) is 37.5 Å². The maximum absolute atomic E-state index is 11.7. The van der Waals surface area contributed by atoms with Gasteiger partial charge in [0.05, 0.1) is 11.9 Å². The Hall–Kier alpha value is -1.07. The molecule has 110 valence electrons. The van der Waals surface area contributed by atoms with E-state index < -0.39 is 0 Å². The summed E-state index contributed by atoms with van der Waals surface area (Å²) in [6.45, 7) is 0.698. The minimum atomic E-state index is -0.175. The Kier molecular flexibility index (Phi) is 6.33. The molecule has 0 saturated heterocycles. The van der Waals surface area contributed by atoms with Gasteiger partial charge in [-0.1, -0.05) is 12.5 Å². The van der Waals surface area contributed by atoms with Crippen LogP contribution in [0.4, 0.5) is 0 Å². The Balaban J connectivity index is 1.58. The van der Waals surface area contributed by atoms with E-state index in [1.165, 1.54) is 0 Å². The molecule has 1 heterocycles. The van der Waals surface area contributed by atoms with Crippen molar-refractivity contribution in [3.63, 3.8) is 0 Å². The second-order valence-electron chi connectivity index (χ2n) is 5.34. The molecule has 1 amide bonds. The lowest BCUT2D eigenvalue weighted by Crippen LogP contribution is -2.33. The van der Waals surface area contributed by atoms with E-state index in [0.29, 0.717) is 18.2 Å². The number of thioether (sulfide) groups is 1. The van der Waals surface area contributed by atoms with Crippen LogP contribution in [-0.4, -0.2) is 34.4 Å². The normalized spacial score (nSPS) is 22.4. The van der Waals surface area contributed by atoms with Crippen LogP contribution in [0.25, 0.3) is 0 Å². The molecule has 1 aliphatic carbocycles. The lowest BCUT2D eigenvalue weighted by molar-refractivity contribution is -0.118. The largest absolute Gasteiger partial charge is 0.393 e. The van der Waals surface area contributed by atoms with Gasteiger partial charge in [-0.15, -0.1) is 11.8 Å². The molecule has 2 N–H and O–H groups in total. The van der Waals surface area contributed by atoms with E-state index in [9.17, 15) is 9.90 Å². The van der Waals surface area contributed by atoms with Gasteiger partial charge in [-0.05, 0) is 36.8 Å². The van der Waals surface area contributed by atoms with Crippen LogP contribution in [-0.2, 0) is 10.5 Å². The monoisotopic (exact) mass is 294 g/mol. The topological polar surface area (TPSA) is 62.2 Å². The van der Waals surface area contributed by atoms with Crippen LogP contribution in [0.15, 0.2) is 24.5 Å². The van der Waals surface area contributed by atoms with Crippen molar-refractivity contribution in [3.05, 3.63) is 30.1 Å². The first-order valence-corrected chi connectivity index (χ1v) is 8.31. The van der Waals surface area contributed by atoms with Crippen molar-refractivity contribution >= 4 is 17.7 Å². The standard InChI is InChI=1S/C15H22N2O2S/c18-14-5-1-3-12(7-14)9-17-15(19)11-20-10-13-4-2-6-16-8-13/h2,4,6,8,12,14,18H,1,3,5,7,9-11H2,(H,17,19). The number of hydrogen-bond acceptors (Lipinski definition) is 4. The van der Waals surface area contributed by atoms with Crippen molar-refractivity contribution in [2.75, 3.05) is 12.3 Å². The van der Waals surface area contributed by atoms with Gasteiger partial charge in [-0.3, -0.25) is 9.78 Å². The first-order chi connectivity index (χ1) is 9.74. The van der Waals surface area contributed by atoms with Crippen molar-refractivity contribution < 1.29 is 9.90 Å². The van der Waals surface area contributed by atoms with Crippen LogP contribution >= 0.6 is 11.8 Å². The van der Waals surface area contributed by atoms with Crippen molar-refractivity contribution in [1.29, 1.82) is 0 Å². The zero-order valence-electron chi connectivity index (χ0n) is 11.6. The highest BCUT2D eigenvalue weighted by molar-refractivity contribution is 7.99. The Morgan fingerprint density at radius 1 is 1.50 bits per heavy atom. The van der Waals surface area contributed by atoms with Crippen LogP contribution in [0.5, 0.6) is 0 Å². The molecule has 5 heteroatoms. The van der Waals surface area contributed by atoms with Gasteiger partial charge in [-0.25, -0.2) is 0 Å². The third kappa shape index (κ3) is 5.51. The van der Waals surface area contributed by atoms with Gasteiger partial charge in [0.15, 0.2) is 0 Å². The van der Waals surface area contributed by atoms with Crippen molar-refractivity contribution in [3.8, 4) is 0 Å². The van der Waals surface area contributed by atoms with Crippen LogP contribution in [0.1, 0.15) is 31.2 Å². The Bertz CT molecular complexity index is 414. The van der Waals surface area contributed by atoms with Crippen molar-refractivity contribution in [1.82, 2.24) is 10.3 Å². The van der Waals surface area contributed by atoms with E-state index in [-0.39, 0.29) is 12.0 Å². The van der Waals surface area contributed by atoms with E-state index >= 15 is 0 Å². The summed E-state index contributed by atoms with van der Waals surface area (Å²) in [7, 11) is 0. The summed E-state index contributed by atoms with van der Waals surface area (Å²) in [5, 5.41) is 12.6.